The van der Waals surface area contributed by atoms with Crippen molar-refractivity contribution in [3.63, 3.8) is 0 Å². The molecule has 7 nitrogen and oxygen atoms in total. The molecule has 0 fully saturated rings. The van der Waals surface area contributed by atoms with E-state index in [1.165, 1.54) is 6.08 Å². The number of esters is 1. The Morgan fingerprint density at radius 2 is 1.82 bits per heavy atom. The molecule has 33 heavy (non-hydrogen) atoms. The summed E-state index contributed by atoms with van der Waals surface area (Å²) in [4.78, 5) is 27.4. The van der Waals surface area contributed by atoms with Gasteiger partial charge in [-0.1, -0.05) is 18.2 Å². The maximum atomic E-state index is 13.2. The second-order valence-electron chi connectivity index (χ2n) is 7.87. The van der Waals surface area contributed by atoms with Crippen LogP contribution in [-0.4, -0.2) is 52.3 Å². The molecule has 0 aliphatic carbocycles. The highest BCUT2D eigenvalue weighted by Crippen LogP contribution is 2.25. The van der Waals surface area contributed by atoms with Gasteiger partial charge in [-0.05, 0) is 53.7 Å². The first-order chi connectivity index (χ1) is 15.7. The molecule has 1 atom stereocenters. The van der Waals surface area contributed by atoms with E-state index in [2.05, 4.69) is 0 Å². The summed E-state index contributed by atoms with van der Waals surface area (Å²) in [6.45, 7) is 13.1. The van der Waals surface area contributed by atoms with Crippen LogP contribution in [0.4, 0.5) is 0 Å². The molecule has 180 valence electrons. The van der Waals surface area contributed by atoms with Gasteiger partial charge < -0.3 is 24.0 Å². The second-order valence-corrected chi connectivity index (χ2v) is 7.87. The number of aliphatic hydroxyl groups excluding tert-OH is 1. The molecule has 2 rings (SSSR count). The van der Waals surface area contributed by atoms with Crippen molar-refractivity contribution in [2.75, 3.05) is 19.8 Å². The topological polar surface area (TPSA) is 81.0 Å². The van der Waals surface area contributed by atoms with Gasteiger partial charge >= 0.3 is 5.97 Å². The number of aliphatic hydroxyl groups is 1. The van der Waals surface area contributed by atoms with Crippen molar-refractivity contribution in [2.45, 2.75) is 60.7 Å². The zero-order chi connectivity index (χ0) is 24.5. The summed E-state index contributed by atoms with van der Waals surface area (Å²) in [6.07, 6.45) is 2.43. The Bertz CT molecular complexity index is 991. The van der Waals surface area contributed by atoms with Crippen molar-refractivity contribution in [3.05, 3.63) is 58.4 Å². The summed E-state index contributed by atoms with van der Waals surface area (Å²) in [6, 6.07) is 7.55. The standard InChI is InChI=1S/C26H36N2O5/c1-7-28-19(5)22(25(20(28)6)26(31)33-9-3)14-15-24(30)27(16-18(4)29)17-21-12-10-11-13-23(21)32-8-2/h10-15,18,29H,7-9,16-17H2,1-6H3/b15-14+. The van der Waals surface area contributed by atoms with Crippen LogP contribution >= 0.6 is 0 Å². The maximum absolute atomic E-state index is 13.2. The Morgan fingerprint density at radius 3 is 2.42 bits per heavy atom. The average Bonchev–Trinajstić information content (AvgIpc) is 3.01. The third-order valence-corrected chi connectivity index (χ3v) is 5.45. The average molecular weight is 457 g/mol. The van der Waals surface area contributed by atoms with Crippen molar-refractivity contribution in [3.8, 4) is 5.75 Å². The number of nitrogens with zero attached hydrogens (tertiary/aromatic N) is 2. The Balaban J connectivity index is 2.38. The molecule has 1 unspecified atom stereocenters. The summed E-state index contributed by atoms with van der Waals surface area (Å²) < 4.78 is 13.0. The van der Waals surface area contributed by atoms with Gasteiger partial charge in [0.15, 0.2) is 0 Å². The van der Waals surface area contributed by atoms with Gasteiger partial charge in [0.2, 0.25) is 5.91 Å². The molecule has 2 aromatic rings. The molecular weight excluding hydrogens is 420 g/mol. The highest BCUT2D eigenvalue weighted by Gasteiger charge is 2.23. The van der Waals surface area contributed by atoms with Crippen molar-refractivity contribution in [2.24, 2.45) is 0 Å². The lowest BCUT2D eigenvalue weighted by Gasteiger charge is -2.24. The van der Waals surface area contributed by atoms with Crippen molar-refractivity contribution in [1.82, 2.24) is 9.47 Å². The van der Waals surface area contributed by atoms with E-state index in [0.29, 0.717) is 36.6 Å². The number of rotatable bonds is 11. The van der Waals surface area contributed by atoms with Gasteiger partial charge in [0, 0.05) is 48.2 Å². The molecule has 0 saturated heterocycles. The minimum absolute atomic E-state index is 0.169. The highest BCUT2D eigenvalue weighted by atomic mass is 16.5. The van der Waals surface area contributed by atoms with E-state index in [0.717, 1.165) is 17.0 Å². The maximum Gasteiger partial charge on any atom is 0.340 e. The molecule has 0 aliphatic heterocycles. The molecule has 0 aliphatic rings. The van der Waals surface area contributed by atoms with Gasteiger partial charge in [0.1, 0.15) is 5.75 Å². The summed E-state index contributed by atoms with van der Waals surface area (Å²) in [5.41, 5.74) is 3.72. The molecule has 7 heteroatoms. The summed E-state index contributed by atoms with van der Waals surface area (Å²) in [5, 5.41) is 9.99. The minimum Gasteiger partial charge on any atom is -0.494 e. The molecule has 0 saturated carbocycles. The Hall–Kier alpha value is -3.06. The van der Waals surface area contributed by atoms with Gasteiger partial charge in [0.25, 0.3) is 0 Å². The first kappa shape index (κ1) is 26.2. The smallest absolute Gasteiger partial charge is 0.340 e. The lowest BCUT2D eigenvalue weighted by Crippen LogP contribution is -2.35. The van der Waals surface area contributed by atoms with Gasteiger partial charge in [0.05, 0.1) is 24.9 Å². The number of hydrogen-bond donors (Lipinski definition) is 1. The van der Waals surface area contributed by atoms with Crippen molar-refractivity contribution in [1.29, 1.82) is 0 Å². The van der Waals surface area contributed by atoms with E-state index in [9.17, 15) is 14.7 Å². The number of ether oxygens (including phenoxy) is 2. The van der Waals surface area contributed by atoms with E-state index in [4.69, 9.17) is 9.47 Å². The lowest BCUT2D eigenvalue weighted by atomic mass is 10.1. The molecule has 1 aromatic heterocycles. The van der Waals surface area contributed by atoms with Crippen LogP contribution in [0.5, 0.6) is 5.75 Å². The Kier molecular flexibility index (Phi) is 9.73. The molecule has 1 heterocycles. The van der Waals surface area contributed by atoms with Crippen LogP contribution in [0.3, 0.4) is 0 Å². The monoisotopic (exact) mass is 456 g/mol. The third-order valence-electron chi connectivity index (χ3n) is 5.45. The Morgan fingerprint density at radius 1 is 1.12 bits per heavy atom. The predicted octanol–water partition coefficient (Wildman–Crippen LogP) is 4.12. The zero-order valence-corrected chi connectivity index (χ0v) is 20.6. The van der Waals surface area contributed by atoms with Crippen molar-refractivity contribution >= 4 is 18.0 Å². The highest BCUT2D eigenvalue weighted by molar-refractivity contribution is 5.98. The van der Waals surface area contributed by atoms with Crippen LogP contribution in [0, 0.1) is 13.8 Å². The number of carbonyl (C=O) groups is 2. The van der Waals surface area contributed by atoms with E-state index in [-0.39, 0.29) is 19.1 Å². The zero-order valence-electron chi connectivity index (χ0n) is 20.6. The van der Waals surface area contributed by atoms with E-state index < -0.39 is 12.1 Å². The lowest BCUT2D eigenvalue weighted by molar-refractivity contribution is -0.127. The fraction of sp³-hybridized carbons (Fsp3) is 0.462. The number of carbonyl (C=O) groups excluding carboxylic acids is 2. The van der Waals surface area contributed by atoms with Crippen LogP contribution in [0.1, 0.15) is 60.6 Å². The molecule has 0 radical (unpaired) electrons. The van der Waals surface area contributed by atoms with Crippen LogP contribution in [0.2, 0.25) is 0 Å². The molecule has 0 spiro atoms. The normalized spacial score (nSPS) is 12.1. The number of hydrogen-bond acceptors (Lipinski definition) is 5. The van der Waals surface area contributed by atoms with Gasteiger partial charge in [-0.25, -0.2) is 4.79 Å². The fourth-order valence-electron chi connectivity index (χ4n) is 3.99. The summed E-state index contributed by atoms with van der Waals surface area (Å²) in [7, 11) is 0. The summed E-state index contributed by atoms with van der Waals surface area (Å²) >= 11 is 0. The largest absolute Gasteiger partial charge is 0.494 e. The van der Waals surface area contributed by atoms with E-state index >= 15 is 0 Å². The van der Waals surface area contributed by atoms with Crippen LogP contribution < -0.4 is 4.74 Å². The van der Waals surface area contributed by atoms with Gasteiger partial charge in [-0.15, -0.1) is 0 Å². The molecule has 1 amide bonds. The van der Waals surface area contributed by atoms with Crippen molar-refractivity contribution < 1.29 is 24.2 Å². The SMILES string of the molecule is CCOC(=O)c1c(/C=C/C(=O)N(Cc2ccccc2OCC)CC(C)O)c(C)n(CC)c1C. The van der Waals surface area contributed by atoms with E-state index in [1.54, 1.807) is 24.8 Å². The number of aromatic nitrogens is 1. The quantitative estimate of drug-likeness (QED) is 0.406. The Labute approximate surface area is 196 Å². The predicted molar refractivity (Wildman–Crippen MR) is 129 cm³/mol. The fourth-order valence-corrected chi connectivity index (χ4v) is 3.99. The number of amides is 1. The second kappa shape index (κ2) is 12.3. The molecule has 1 aromatic carbocycles. The molecule has 0 bridgehead atoms. The molecular formula is C26H36N2O5. The number of para-hydroxylation sites is 1. The summed E-state index contributed by atoms with van der Waals surface area (Å²) in [5.74, 6) is 0.0469. The first-order valence-electron chi connectivity index (χ1n) is 11.5. The first-order valence-corrected chi connectivity index (χ1v) is 11.5. The number of benzene rings is 1. The van der Waals surface area contributed by atoms with Gasteiger partial charge in [-0.2, -0.15) is 0 Å². The van der Waals surface area contributed by atoms with Crippen LogP contribution in [0.15, 0.2) is 30.3 Å². The third kappa shape index (κ3) is 6.48. The molecule has 1 N–H and O–H groups in total. The van der Waals surface area contributed by atoms with E-state index in [1.807, 2.05) is 56.5 Å². The van der Waals surface area contributed by atoms with Gasteiger partial charge in [-0.3, -0.25) is 4.79 Å². The van der Waals surface area contributed by atoms with Crippen LogP contribution in [0.25, 0.3) is 6.08 Å². The van der Waals surface area contributed by atoms with Crippen LogP contribution in [-0.2, 0) is 22.6 Å². The minimum atomic E-state index is -0.693.